The molecule has 0 saturated carbocycles. The summed E-state index contributed by atoms with van der Waals surface area (Å²) >= 11 is 1.75. The van der Waals surface area contributed by atoms with E-state index in [2.05, 4.69) is 94.4 Å². The quantitative estimate of drug-likeness (QED) is 0.231. The van der Waals surface area contributed by atoms with Gasteiger partial charge in [-0.15, -0.1) is 11.3 Å². The smallest absolute Gasteiger partial charge is 0.399 e. The summed E-state index contributed by atoms with van der Waals surface area (Å²) in [6.45, 7) is 8.35. The maximum Gasteiger partial charge on any atom is 0.494 e. The molecule has 1 aromatic heterocycles. The number of rotatable bonds is 2. The van der Waals surface area contributed by atoms with Gasteiger partial charge in [0, 0.05) is 10.9 Å². The molecule has 0 bridgehead atoms. The molecule has 3 nitrogen and oxygen atoms in total. The largest absolute Gasteiger partial charge is 0.494 e. The molecule has 0 unspecified atom stereocenters. The molecule has 5 aromatic rings. The van der Waals surface area contributed by atoms with Gasteiger partial charge < -0.3 is 9.31 Å². The first kappa shape index (κ1) is 19.9. The summed E-state index contributed by atoms with van der Waals surface area (Å²) in [7, 11) is -0.361. The molecule has 5 heteroatoms. The van der Waals surface area contributed by atoms with Crippen molar-refractivity contribution in [2.45, 2.75) is 38.9 Å². The minimum atomic E-state index is -0.361. The van der Waals surface area contributed by atoms with Crippen LogP contribution in [0.1, 0.15) is 27.7 Å². The molecule has 1 aliphatic heterocycles. The van der Waals surface area contributed by atoms with Gasteiger partial charge >= 0.3 is 7.12 Å². The third-order valence-electron chi connectivity index (χ3n) is 6.93. The third kappa shape index (κ3) is 3.00. The van der Waals surface area contributed by atoms with Gasteiger partial charge in [0.05, 0.1) is 21.4 Å². The SMILES string of the molecule is CC1(C)OB(c2ccc3c(ccc4ccc5sc(-c6ccccc6)nc5c43)c2)OC1(C)C. The molecule has 32 heavy (non-hydrogen) atoms. The van der Waals surface area contributed by atoms with Gasteiger partial charge in [-0.25, -0.2) is 4.98 Å². The molecule has 0 aliphatic carbocycles. The van der Waals surface area contributed by atoms with Crippen LogP contribution in [0.3, 0.4) is 0 Å². The lowest BCUT2D eigenvalue weighted by atomic mass is 9.78. The Hall–Kier alpha value is -2.73. The fourth-order valence-electron chi connectivity index (χ4n) is 4.39. The van der Waals surface area contributed by atoms with E-state index in [0.717, 1.165) is 21.6 Å². The number of hydrogen-bond acceptors (Lipinski definition) is 4. The second kappa shape index (κ2) is 6.88. The van der Waals surface area contributed by atoms with Crippen molar-refractivity contribution in [3.8, 4) is 10.6 Å². The van der Waals surface area contributed by atoms with Crippen molar-refractivity contribution < 1.29 is 9.31 Å². The predicted octanol–water partition coefficient (Wildman–Crippen LogP) is 6.57. The van der Waals surface area contributed by atoms with Gasteiger partial charge in [-0.05, 0) is 55.4 Å². The predicted molar refractivity (Wildman–Crippen MR) is 136 cm³/mol. The van der Waals surface area contributed by atoms with Crippen LogP contribution in [0.15, 0.2) is 72.8 Å². The molecule has 158 valence electrons. The summed E-state index contributed by atoms with van der Waals surface area (Å²) in [6, 6.07) is 25.7. The highest BCUT2D eigenvalue weighted by Crippen LogP contribution is 2.39. The Morgan fingerprint density at radius 3 is 2.22 bits per heavy atom. The monoisotopic (exact) mass is 437 g/mol. The highest BCUT2D eigenvalue weighted by Gasteiger charge is 2.51. The first-order chi connectivity index (χ1) is 15.3. The van der Waals surface area contributed by atoms with Crippen LogP contribution >= 0.6 is 11.3 Å². The van der Waals surface area contributed by atoms with E-state index >= 15 is 0 Å². The van der Waals surface area contributed by atoms with Gasteiger partial charge in [-0.1, -0.05) is 66.7 Å². The number of benzene rings is 4. The first-order valence-corrected chi connectivity index (χ1v) is 11.8. The molecular weight excluding hydrogens is 413 g/mol. The van der Waals surface area contributed by atoms with E-state index < -0.39 is 0 Å². The van der Waals surface area contributed by atoms with Gasteiger partial charge in [0.1, 0.15) is 5.01 Å². The number of fused-ring (bicyclic) bond motifs is 5. The van der Waals surface area contributed by atoms with Crippen molar-refractivity contribution in [2.75, 3.05) is 0 Å². The Bertz CT molecular complexity index is 1470. The van der Waals surface area contributed by atoms with Gasteiger partial charge in [-0.2, -0.15) is 0 Å². The average molecular weight is 437 g/mol. The summed E-state index contributed by atoms with van der Waals surface area (Å²) < 4.78 is 13.8. The summed E-state index contributed by atoms with van der Waals surface area (Å²) in [5, 5.41) is 5.85. The second-order valence-corrected chi connectivity index (χ2v) is 10.6. The minimum absolute atomic E-state index is 0.351. The number of aromatic nitrogens is 1. The van der Waals surface area contributed by atoms with Crippen LogP contribution in [0.2, 0.25) is 0 Å². The molecule has 4 aromatic carbocycles. The molecule has 1 saturated heterocycles. The van der Waals surface area contributed by atoms with E-state index in [0.29, 0.717) is 0 Å². The van der Waals surface area contributed by atoms with Crippen molar-refractivity contribution in [3.63, 3.8) is 0 Å². The molecular formula is C27H24BNO2S. The van der Waals surface area contributed by atoms with E-state index in [1.165, 1.54) is 26.2 Å². The highest BCUT2D eigenvalue weighted by molar-refractivity contribution is 7.21. The summed E-state index contributed by atoms with van der Waals surface area (Å²) in [4.78, 5) is 5.07. The van der Waals surface area contributed by atoms with Crippen LogP contribution in [0.5, 0.6) is 0 Å². The van der Waals surface area contributed by atoms with Crippen LogP contribution in [0.25, 0.3) is 42.3 Å². The molecule has 0 atom stereocenters. The average Bonchev–Trinajstić information content (AvgIpc) is 3.31. The number of nitrogens with zero attached hydrogens (tertiary/aromatic N) is 1. The van der Waals surface area contributed by atoms with Crippen molar-refractivity contribution >= 4 is 55.7 Å². The molecule has 0 amide bonds. The van der Waals surface area contributed by atoms with Gasteiger partial charge in [0.25, 0.3) is 0 Å². The zero-order valence-electron chi connectivity index (χ0n) is 18.7. The maximum atomic E-state index is 6.28. The fourth-order valence-corrected chi connectivity index (χ4v) is 5.37. The lowest BCUT2D eigenvalue weighted by Crippen LogP contribution is -2.41. The van der Waals surface area contributed by atoms with E-state index in [4.69, 9.17) is 14.3 Å². The van der Waals surface area contributed by atoms with Crippen LogP contribution in [-0.2, 0) is 9.31 Å². The molecule has 1 fully saturated rings. The lowest BCUT2D eigenvalue weighted by molar-refractivity contribution is 0.00578. The van der Waals surface area contributed by atoms with E-state index in [9.17, 15) is 0 Å². The first-order valence-electron chi connectivity index (χ1n) is 11.0. The van der Waals surface area contributed by atoms with Crippen molar-refractivity contribution in [3.05, 3.63) is 72.8 Å². The molecule has 0 radical (unpaired) electrons. The van der Waals surface area contributed by atoms with Gasteiger partial charge in [0.15, 0.2) is 0 Å². The molecule has 0 N–H and O–H groups in total. The minimum Gasteiger partial charge on any atom is -0.399 e. The maximum absolute atomic E-state index is 6.28. The van der Waals surface area contributed by atoms with E-state index in [1.807, 2.05) is 6.07 Å². The molecule has 6 rings (SSSR count). The Balaban J connectivity index is 1.51. The zero-order valence-corrected chi connectivity index (χ0v) is 19.5. The van der Waals surface area contributed by atoms with Crippen molar-refractivity contribution in [1.29, 1.82) is 0 Å². The van der Waals surface area contributed by atoms with Crippen LogP contribution in [-0.4, -0.2) is 23.3 Å². The van der Waals surface area contributed by atoms with Gasteiger partial charge in [0.2, 0.25) is 0 Å². The van der Waals surface area contributed by atoms with Crippen LogP contribution in [0.4, 0.5) is 0 Å². The second-order valence-electron chi connectivity index (χ2n) is 9.53. The third-order valence-corrected chi connectivity index (χ3v) is 8.00. The van der Waals surface area contributed by atoms with Gasteiger partial charge in [-0.3, -0.25) is 0 Å². The normalized spacial score (nSPS) is 17.6. The Morgan fingerprint density at radius 1 is 0.781 bits per heavy atom. The Kier molecular flexibility index (Phi) is 4.29. The number of thiazole rings is 1. The standard InChI is InChI=1S/C27H24BNO2S/c1-26(2)27(3,4)31-28(30-26)20-13-14-21-19(16-20)11-10-17-12-15-22-24(23(17)21)29-25(32-22)18-8-6-5-7-9-18/h5-16H,1-4H3. The fraction of sp³-hybridized carbons (Fsp3) is 0.222. The lowest BCUT2D eigenvalue weighted by Gasteiger charge is -2.32. The summed E-state index contributed by atoms with van der Waals surface area (Å²) in [5.74, 6) is 0. The Morgan fingerprint density at radius 2 is 1.47 bits per heavy atom. The molecule has 2 heterocycles. The van der Waals surface area contributed by atoms with Crippen LogP contribution in [0, 0.1) is 0 Å². The summed E-state index contributed by atoms with van der Waals surface area (Å²) in [5.41, 5.74) is 2.57. The number of hydrogen-bond donors (Lipinski definition) is 0. The summed E-state index contributed by atoms with van der Waals surface area (Å²) in [6.07, 6.45) is 0. The van der Waals surface area contributed by atoms with Crippen LogP contribution < -0.4 is 5.46 Å². The zero-order chi connectivity index (χ0) is 22.1. The van der Waals surface area contributed by atoms with E-state index in [-0.39, 0.29) is 18.3 Å². The van der Waals surface area contributed by atoms with Crippen molar-refractivity contribution in [1.82, 2.24) is 4.98 Å². The van der Waals surface area contributed by atoms with E-state index in [1.54, 1.807) is 11.3 Å². The Labute approximate surface area is 192 Å². The highest BCUT2D eigenvalue weighted by atomic mass is 32.1. The molecule has 1 aliphatic rings. The van der Waals surface area contributed by atoms with Crippen molar-refractivity contribution in [2.24, 2.45) is 0 Å². The molecule has 0 spiro atoms. The topological polar surface area (TPSA) is 31.4 Å².